The number of rotatable bonds is 7. The molecular formula is C12H18N4O3S. The summed E-state index contributed by atoms with van der Waals surface area (Å²) < 4.78 is 32.3. The molecule has 0 radical (unpaired) electrons. The third kappa shape index (κ3) is 3.69. The van der Waals surface area contributed by atoms with Crippen molar-refractivity contribution in [1.82, 2.24) is 19.8 Å². The Morgan fingerprint density at radius 3 is 2.85 bits per heavy atom. The first-order valence-electron chi connectivity index (χ1n) is 6.23. The lowest BCUT2D eigenvalue weighted by Crippen LogP contribution is -2.19. The van der Waals surface area contributed by atoms with Crippen LogP contribution >= 0.6 is 0 Å². The van der Waals surface area contributed by atoms with Gasteiger partial charge in [-0.05, 0) is 31.7 Å². The third-order valence-electron chi connectivity index (χ3n) is 2.75. The highest BCUT2D eigenvalue weighted by Gasteiger charge is 2.15. The predicted octanol–water partition coefficient (Wildman–Crippen LogP) is 0.482. The van der Waals surface area contributed by atoms with Gasteiger partial charge in [0.05, 0.1) is 19.3 Å². The van der Waals surface area contributed by atoms with Crippen LogP contribution in [0.2, 0.25) is 0 Å². The van der Waals surface area contributed by atoms with Crippen LogP contribution in [0, 0.1) is 6.92 Å². The molecule has 0 bridgehead atoms. The summed E-state index contributed by atoms with van der Waals surface area (Å²) in [5, 5.41) is 7.28. The van der Waals surface area contributed by atoms with Gasteiger partial charge in [-0.3, -0.25) is 4.68 Å². The first kappa shape index (κ1) is 14.8. The normalized spacial score (nSPS) is 11.9. The molecule has 2 N–H and O–H groups in total. The monoisotopic (exact) mass is 298 g/mol. The van der Waals surface area contributed by atoms with Crippen molar-refractivity contribution in [2.24, 2.45) is 0 Å². The van der Waals surface area contributed by atoms with E-state index in [-0.39, 0.29) is 5.09 Å². The van der Waals surface area contributed by atoms with Crippen LogP contribution in [0.3, 0.4) is 0 Å². The highest BCUT2D eigenvalue weighted by Crippen LogP contribution is 2.12. The van der Waals surface area contributed by atoms with Crippen LogP contribution in [-0.2, 0) is 23.1 Å². The summed E-state index contributed by atoms with van der Waals surface area (Å²) in [5.74, 6) is 0.579. The summed E-state index contributed by atoms with van der Waals surface area (Å²) in [6, 6.07) is 3.09. The number of hydrogen-bond acceptors (Lipinski definition) is 5. The van der Waals surface area contributed by atoms with Gasteiger partial charge >= 0.3 is 0 Å². The largest absolute Gasteiger partial charge is 0.447 e. The zero-order valence-corrected chi connectivity index (χ0v) is 12.3. The minimum absolute atomic E-state index is 0.0699. The zero-order valence-electron chi connectivity index (χ0n) is 11.5. The van der Waals surface area contributed by atoms with E-state index in [2.05, 4.69) is 15.1 Å². The molecule has 0 unspecified atom stereocenters. The highest BCUT2D eigenvalue weighted by atomic mass is 32.2. The van der Waals surface area contributed by atoms with Crippen LogP contribution in [0.4, 0.5) is 0 Å². The van der Waals surface area contributed by atoms with E-state index < -0.39 is 10.0 Å². The van der Waals surface area contributed by atoms with Gasteiger partial charge in [-0.1, -0.05) is 0 Å². The highest BCUT2D eigenvalue weighted by molar-refractivity contribution is 7.89. The molecule has 0 aliphatic carbocycles. The maximum absolute atomic E-state index is 11.5. The molecule has 7 nitrogen and oxygen atoms in total. The molecule has 0 fully saturated rings. The maximum atomic E-state index is 11.5. The van der Waals surface area contributed by atoms with Crippen molar-refractivity contribution < 1.29 is 12.8 Å². The van der Waals surface area contributed by atoms with E-state index in [4.69, 9.17) is 4.42 Å². The van der Waals surface area contributed by atoms with E-state index in [1.54, 1.807) is 12.3 Å². The number of sulfonamides is 1. The Balaban J connectivity index is 1.80. The minimum atomic E-state index is -3.51. The van der Waals surface area contributed by atoms with Crippen molar-refractivity contribution in [3.05, 3.63) is 35.9 Å². The summed E-state index contributed by atoms with van der Waals surface area (Å²) in [7, 11) is -2.16. The first-order valence-corrected chi connectivity index (χ1v) is 7.71. The molecule has 110 valence electrons. The molecule has 0 aromatic carbocycles. The standard InChI is InChI=1S/C12H18N4O3S/c1-10-7-15-16(9-10)6-5-14-8-11-3-4-12(19-11)20(17,18)13-2/h3-4,7,9,13-14H,5-6,8H2,1-2H3. The lowest BCUT2D eigenvalue weighted by Gasteiger charge is -2.03. The van der Waals surface area contributed by atoms with E-state index in [1.165, 1.54) is 13.1 Å². The Bertz CT molecular complexity index is 660. The van der Waals surface area contributed by atoms with Crippen molar-refractivity contribution in [2.45, 2.75) is 25.1 Å². The van der Waals surface area contributed by atoms with E-state index in [9.17, 15) is 8.42 Å². The molecule has 2 heterocycles. The molecule has 2 aromatic rings. The summed E-state index contributed by atoms with van der Waals surface area (Å²) in [4.78, 5) is 0. The van der Waals surface area contributed by atoms with Gasteiger partial charge in [0.15, 0.2) is 0 Å². The molecular weight excluding hydrogens is 280 g/mol. The topological polar surface area (TPSA) is 89.2 Å². The molecule has 0 saturated carbocycles. The summed E-state index contributed by atoms with van der Waals surface area (Å²) in [6.07, 6.45) is 3.77. The van der Waals surface area contributed by atoms with Crippen molar-refractivity contribution in [3.63, 3.8) is 0 Å². The van der Waals surface area contributed by atoms with Crippen LogP contribution in [0.25, 0.3) is 0 Å². The fourth-order valence-electron chi connectivity index (χ4n) is 1.69. The molecule has 2 aromatic heterocycles. The van der Waals surface area contributed by atoms with Gasteiger partial charge in [-0.25, -0.2) is 13.1 Å². The molecule has 2 rings (SSSR count). The summed E-state index contributed by atoms with van der Waals surface area (Å²) >= 11 is 0. The zero-order chi connectivity index (χ0) is 14.6. The second kappa shape index (κ2) is 6.21. The second-order valence-corrected chi connectivity index (χ2v) is 6.20. The van der Waals surface area contributed by atoms with E-state index in [0.717, 1.165) is 18.7 Å². The molecule has 0 atom stereocenters. The average molecular weight is 298 g/mol. The SMILES string of the molecule is CNS(=O)(=O)c1ccc(CNCCn2cc(C)cn2)o1. The lowest BCUT2D eigenvalue weighted by molar-refractivity contribution is 0.397. The average Bonchev–Trinajstić information content (AvgIpc) is 3.04. The number of nitrogens with one attached hydrogen (secondary N) is 2. The predicted molar refractivity (Wildman–Crippen MR) is 73.6 cm³/mol. The fourth-order valence-corrected chi connectivity index (χ4v) is 2.36. The van der Waals surface area contributed by atoms with Gasteiger partial charge < -0.3 is 9.73 Å². The first-order chi connectivity index (χ1) is 9.51. The van der Waals surface area contributed by atoms with E-state index in [0.29, 0.717) is 12.3 Å². The van der Waals surface area contributed by atoms with Crippen LogP contribution in [0.5, 0.6) is 0 Å². The van der Waals surface area contributed by atoms with E-state index >= 15 is 0 Å². The van der Waals surface area contributed by atoms with E-state index in [1.807, 2.05) is 17.8 Å². The van der Waals surface area contributed by atoms with Gasteiger partial charge in [-0.15, -0.1) is 0 Å². The lowest BCUT2D eigenvalue weighted by atomic mass is 10.4. The molecule has 0 aliphatic rings. The van der Waals surface area contributed by atoms with Crippen LogP contribution in [0.1, 0.15) is 11.3 Å². The van der Waals surface area contributed by atoms with Crippen molar-refractivity contribution in [3.8, 4) is 0 Å². The van der Waals surface area contributed by atoms with Crippen molar-refractivity contribution >= 4 is 10.0 Å². The van der Waals surface area contributed by atoms with Gasteiger partial charge in [-0.2, -0.15) is 5.10 Å². The maximum Gasteiger partial charge on any atom is 0.273 e. The van der Waals surface area contributed by atoms with Crippen molar-refractivity contribution in [1.29, 1.82) is 0 Å². The Morgan fingerprint density at radius 1 is 1.40 bits per heavy atom. The second-order valence-electron chi connectivity index (χ2n) is 4.39. The Hall–Kier alpha value is -1.64. The molecule has 20 heavy (non-hydrogen) atoms. The Kier molecular flexibility index (Phi) is 4.58. The number of aryl methyl sites for hydroxylation is 1. The fraction of sp³-hybridized carbons (Fsp3) is 0.417. The number of aromatic nitrogens is 2. The summed E-state index contributed by atoms with van der Waals surface area (Å²) in [5.41, 5.74) is 1.12. The van der Waals surface area contributed by atoms with Crippen LogP contribution < -0.4 is 10.0 Å². The Labute approximate surface area is 118 Å². The molecule has 8 heteroatoms. The van der Waals surface area contributed by atoms with Gasteiger partial charge in [0.2, 0.25) is 5.09 Å². The number of furan rings is 1. The van der Waals surface area contributed by atoms with Crippen LogP contribution in [0.15, 0.2) is 34.0 Å². The quantitative estimate of drug-likeness (QED) is 0.726. The van der Waals surface area contributed by atoms with Gasteiger partial charge in [0.1, 0.15) is 5.76 Å². The molecule has 0 saturated heterocycles. The molecule has 0 aliphatic heterocycles. The van der Waals surface area contributed by atoms with Gasteiger partial charge in [0, 0.05) is 12.7 Å². The third-order valence-corrected chi connectivity index (χ3v) is 4.04. The minimum Gasteiger partial charge on any atom is -0.447 e. The van der Waals surface area contributed by atoms with Crippen LogP contribution in [-0.4, -0.2) is 31.8 Å². The number of hydrogen-bond donors (Lipinski definition) is 2. The van der Waals surface area contributed by atoms with Gasteiger partial charge in [0.25, 0.3) is 10.0 Å². The van der Waals surface area contributed by atoms with Crippen molar-refractivity contribution in [2.75, 3.05) is 13.6 Å². The number of nitrogens with zero attached hydrogens (tertiary/aromatic N) is 2. The molecule has 0 spiro atoms. The Morgan fingerprint density at radius 2 is 2.20 bits per heavy atom. The summed E-state index contributed by atoms with van der Waals surface area (Å²) in [6.45, 7) is 3.93. The smallest absolute Gasteiger partial charge is 0.273 e. The molecule has 0 amide bonds.